The highest BCUT2D eigenvalue weighted by Crippen LogP contribution is 2.17. The molecule has 2 aromatic carbocycles. The molecule has 92 valence electrons. The van der Waals surface area contributed by atoms with Gasteiger partial charge in [0.1, 0.15) is 6.61 Å². The van der Waals surface area contributed by atoms with Crippen molar-refractivity contribution in [3.8, 4) is 23.7 Å². The molecular weight excluding hydrogens is 241 g/mol. The summed E-state index contributed by atoms with van der Waals surface area (Å²) in [7, 11) is 0. The topological polar surface area (TPSA) is 33.0 Å². The Morgan fingerprint density at radius 1 is 1.05 bits per heavy atom. The lowest BCUT2D eigenvalue weighted by Gasteiger charge is -2.02. The summed E-state index contributed by atoms with van der Waals surface area (Å²) >= 11 is 0. The molecule has 0 radical (unpaired) electrons. The summed E-state index contributed by atoms with van der Waals surface area (Å²) in [4.78, 5) is 0. The molecule has 0 heterocycles. The van der Waals surface area contributed by atoms with Crippen LogP contribution in [0.4, 0.5) is 4.39 Å². The van der Waals surface area contributed by atoms with Gasteiger partial charge < -0.3 is 4.74 Å². The monoisotopic (exact) mass is 251 g/mol. The van der Waals surface area contributed by atoms with Gasteiger partial charge in [-0.3, -0.25) is 0 Å². The van der Waals surface area contributed by atoms with E-state index >= 15 is 0 Å². The summed E-state index contributed by atoms with van der Waals surface area (Å²) in [5.74, 6) is 5.25. The number of nitrogens with zero attached hydrogens (tertiary/aromatic N) is 1. The lowest BCUT2D eigenvalue weighted by molar-refractivity contribution is 0.348. The molecule has 0 atom stereocenters. The highest BCUT2D eigenvalue weighted by atomic mass is 19.1. The Morgan fingerprint density at radius 3 is 2.53 bits per heavy atom. The zero-order chi connectivity index (χ0) is 13.5. The van der Waals surface area contributed by atoms with E-state index in [0.29, 0.717) is 0 Å². The van der Waals surface area contributed by atoms with Gasteiger partial charge in [-0.2, -0.15) is 5.26 Å². The minimum Gasteiger partial charge on any atom is -0.478 e. The molecule has 2 rings (SSSR count). The molecule has 2 nitrogen and oxygen atoms in total. The Labute approximate surface area is 111 Å². The van der Waals surface area contributed by atoms with Crippen molar-refractivity contribution in [1.82, 2.24) is 0 Å². The van der Waals surface area contributed by atoms with Gasteiger partial charge in [0.15, 0.2) is 11.6 Å². The van der Waals surface area contributed by atoms with Crippen molar-refractivity contribution in [2.24, 2.45) is 0 Å². The second kappa shape index (κ2) is 6.23. The second-order valence-corrected chi connectivity index (χ2v) is 3.71. The lowest BCUT2D eigenvalue weighted by atomic mass is 10.2. The summed E-state index contributed by atoms with van der Waals surface area (Å²) in [5, 5.41) is 8.61. The molecule has 3 heteroatoms. The van der Waals surface area contributed by atoms with E-state index in [0.717, 1.165) is 11.6 Å². The van der Waals surface area contributed by atoms with Crippen molar-refractivity contribution in [2.75, 3.05) is 6.61 Å². The molecule has 0 bridgehead atoms. The van der Waals surface area contributed by atoms with Gasteiger partial charge in [-0.05, 0) is 30.3 Å². The third kappa shape index (κ3) is 3.59. The molecule has 0 aliphatic heterocycles. The number of rotatable bonds is 2. The largest absolute Gasteiger partial charge is 0.478 e. The van der Waals surface area contributed by atoms with Crippen LogP contribution in [0.3, 0.4) is 0 Å². The van der Waals surface area contributed by atoms with E-state index in [1.54, 1.807) is 0 Å². The maximum Gasteiger partial charge on any atom is 0.166 e. The van der Waals surface area contributed by atoms with Gasteiger partial charge in [-0.25, -0.2) is 4.39 Å². The first-order valence-electron chi connectivity index (χ1n) is 5.66. The Kier molecular flexibility index (Phi) is 4.16. The van der Waals surface area contributed by atoms with Crippen LogP contribution in [-0.2, 0) is 0 Å². The fourth-order valence-corrected chi connectivity index (χ4v) is 1.46. The third-order valence-electron chi connectivity index (χ3n) is 2.37. The number of halogens is 1. The maximum atomic E-state index is 13.5. The van der Waals surface area contributed by atoms with Gasteiger partial charge in [-0.1, -0.05) is 30.0 Å². The fraction of sp³-hybridized carbons (Fsp3) is 0.0625. The van der Waals surface area contributed by atoms with Gasteiger partial charge in [0.05, 0.1) is 11.6 Å². The number of ether oxygens (including phenoxy) is 1. The first-order chi connectivity index (χ1) is 9.29. The maximum absolute atomic E-state index is 13.5. The third-order valence-corrected chi connectivity index (χ3v) is 2.37. The molecule has 0 saturated carbocycles. The van der Waals surface area contributed by atoms with E-state index in [-0.39, 0.29) is 17.9 Å². The first-order valence-corrected chi connectivity index (χ1v) is 5.66. The highest BCUT2D eigenvalue weighted by molar-refractivity contribution is 5.37. The summed E-state index contributed by atoms with van der Waals surface area (Å²) in [6.07, 6.45) is 0. The van der Waals surface area contributed by atoms with Crippen molar-refractivity contribution in [2.45, 2.75) is 0 Å². The molecule has 2 aromatic rings. The van der Waals surface area contributed by atoms with Gasteiger partial charge in [0.25, 0.3) is 0 Å². The van der Waals surface area contributed by atoms with Crippen molar-refractivity contribution < 1.29 is 9.13 Å². The van der Waals surface area contributed by atoms with Crippen molar-refractivity contribution in [3.05, 3.63) is 65.5 Å². The smallest absolute Gasteiger partial charge is 0.166 e. The van der Waals surface area contributed by atoms with E-state index in [4.69, 9.17) is 10.00 Å². The molecular formula is C16H10FNO. The van der Waals surface area contributed by atoms with Crippen LogP contribution in [0.15, 0.2) is 48.5 Å². The summed E-state index contributed by atoms with van der Waals surface area (Å²) in [5.41, 5.74) is 1.15. The van der Waals surface area contributed by atoms with Crippen LogP contribution in [0.2, 0.25) is 0 Å². The van der Waals surface area contributed by atoms with Crippen LogP contribution in [0, 0.1) is 29.0 Å². The highest BCUT2D eigenvalue weighted by Gasteiger charge is 2.03. The van der Waals surface area contributed by atoms with Gasteiger partial charge in [-0.15, -0.1) is 0 Å². The van der Waals surface area contributed by atoms with Gasteiger partial charge >= 0.3 is 0 Å². The Balaban J connectivity index is 1.97. The van der Waals surface area contributed by atoms with Crippen LogP contribution in [0.5, 0.6) is 5.75 Å². The zero-order valence-electron chi connectivity index (χ0n) is 10.1. The van der Waals surface area contributed by atoms with E-state index in [9.17, 15) is 4.39 Å². The predicted octanol–water partition coefficient (Wildman–Crippen LogP) is 3.13. The second-order valence-electron chi connectivity index (χ2n) is 3.71. The van der Waals surface area contributed by atoms with Crippen LogP contribution >= 0.6 is 0 Å². The summed E-state index contributed by atoms with van der Waals surface area (Å²) in [6.45, 7) is 0.0950. The molecule has 0 saturated heterocycles. The molecule has 0 unspecified atom stereocenters. The molecule has 0 amide bonds. The molecule has 0 aliphatic rings. The number of benzene rings is 2. The average Bonchev–Trinajstić information content (AvgIpc) is 2.46. The molecule has 0 N–H and O–H groups in total. The number of hydrogen-bond donors (Lipinski definition) is 0. The van der Waals surface area contributed by atoms with Crippen LogP contribution in [0.1, 0.15) is 11.1 Å². The molecule has 0 fully saturated rings. The van der Waals surface area contributed by atoms with Crippen molar-refractivity contribution in [1.29, 1.82) is 5.26 Å². The lowest BCUT2D eigenvalue weighted by Crippen LogP contribution is -1.96. The van der Waals surface area contributed by atoms with Crippen LogP contribution in [-0.4, -0.2) is 6.61 Å². The first kappa shape index (κ1) is 12.7. The predicted molar refractivity (Wildman–Crippen MR) is 69.9 cm³/mol. The van der Waals surface area contributed by atoms with Crippen molar-refractivity contribution in [3.63, 3.8) is 0 Å². The number of nitriles is 1. The fourth-order valence-electron chi connectivity index (χ4n) is 1.46. The SMILES string of the molecule is N#Cc1ccc(OCC#Cc2ccccc2)c(F)c1. The molecule has 0 spiro atoms. The molecule has 0 aliphatic carbocycles. The van der Waals surface area contributed by atoms with E-state index in [1.165, 1.54) is 12.1 Å². The minimum absolute atomic E-state index is 0.0950. The molecule has 19 heavy (non-hydrogen) atoms. The average molecular weight is 251 g/mol. The van der Waals surface area contributed by atoms with Crippen molar-refractivity contribution >= 4 is 0 Å². The van der Waals surface area contributed by atoms with E-state index < -0.39 is 5.82 Å². The van der Waals surface area contributed by atoms with Crippen LogP contribution < -0.4 is 4.74 Å². The van der Waals surface area contributed by atoms with E-state index in [2.05, 4.69) is 11.8 Å². The quantitative estimate of drug-likeness (QED) is 0.768. The Bertz CT molecular complexity index is 663. The normalized spacial score (nSPS) is 9.05. The summed E-state index contributed by atoms with van der Waals surface area (Å²) < 4.78 is 18.7. The van der Waals surface area contributed by atoms with E-state index in [1.807, 2.05) is 36.4 Å². The molecule has 0 aromatic heterocycles. The Hall–Kier alpha value is -2.78. The minimum atomic E-state index is -0.555. The summed E-state index contributed by atoms with van der Waals surface area (Å²) in [6, 6.07) is 15.4. The standard InChI is InChI=1S/C16H10FNO/c17-15-11-14(12-18)8-9-16(15)19-10-4-7-13-5-2-1-3-6-13/h1-3,5-6,8-9,11H,10H2. The number of hydrogen-bond acceptors (Lipinski definition) is 2. The van der Waals surface area contributed by atoms with Gasteiger partial charge in [0, 0.05) is 5.56 Å². The zero-order valence-corrected chi connectivity index (χ0v) is 10.1. The van der Waals surface area contributed by atoms with Crippen LogP contribution in [0.25, 0.3) is 0 Å². The van der Waals surface area contributed by atoms with Gasteiger partial charge in [0.2, 0.25) is 0 Å². The Morgan fingerprint density at radius 2 is 1.84 bits per heavy atom.